The van der Waals surface area contributed by atoms with Crippen molar-refractivity contribution in [1.29, 1.82) is 0 Å². The van der Waals surface area contributed by atoms with Crippen molar-refractivity contribution < 1.29 is 9.63 Å². The number of hydrogen-bond donors (Lipinski definition) is 0. The van der Waals surface area contributed by atoms with E-state index in [1.807, 2.05) is 35.9 Å². The highest BCUT2D eigenvalue weighted by Gasteiger charge is 2.13. The second-order valence-electron chi connectivity index (χ2n) is 4.87. The van der Waals surface area contributed by atoms with Crippen molar-refractivity contribution in [2.24, 2.45) is 12.2 Å². The molecule has 3 aromatic rings. The molecule has 0 unspecified atom stereocenters. The third-order valence-electron chi connectivity index (χ3n) is 3.48. The van der Waals surface area contributed by atoms with Crippen molar-refractivity contribution in [3.8, 4) is 0 Å². The molecular weight excluding hydrogens is 335 g/mol. The highest BCUT2D eigenvalue weighted by atomic mass is 35.5. The molecule has 0 fully saturated rings. The minimum absolute atomic E-state index is 0.260. The van der Waals surface area contributed by atoms with Crippen LogP contribution in [-0.2, 0) is 11.9 Å². The van der Waals surface area contributed by atoms with Gasteiger partial charge in [-0.2, -0.15) is 0 Å². The molecule has 6 heteroatoms. The van der Waals surface area contributed by atoms with Crippen molar-refractivity contribution in [3.63, 3.8) is 0 Å². The average molecular weight is 347 g/mol. The number of hydrogen-bond acceptors (Lipinski definition) is 3. The summed E-state index contributed by atoms with van der Waals surface area (Å²) in [4.78, 5) is 16.9. The SMILES string of the molecule is Cn1c(Cl)c(/C=N\OC(=O)c2ccccc2Cl)c2ccccc21. The molecule has 1 aromatic heterocycles. The predicted octanol–water partition coefficient (Wildman–Crippen LogP) is 4.68. The van der Waals surface area contributed by atoms with E-state index >= 15 is 0 Å². The van der Waals surface area contributed by atoms with E-state index in [-0.39, 0.29) is 5.56 Å². The van der Waals surface area contributed by atoms with Gasteiger partial charge in [-0.1, -0.05) is 58.7 Å². The van der Waals surface area contributed by atoms with E-state index in [1.54, 1.807) is 24.3 Å². The number of para-hydroxylation sites is 1. The van der Waals surface area contributed by atoms with E-state index in [1.165, 1.54) is 6.21 Å². The molecule has 3 rings (SSSR count). The van der Waals surface area contributed by atoms with Crippen molar-refractivity contribution in [3.05, 3.63) is 69.8 Å². The number of rotatable bonds is 3. The number of nitrogens with zero attached hydrogens (tertiary/aromatic N) is 2. The zero-order chi connectivity index (χ0) is 16.4. The van der Waals surface area contributed by atoms with Crippen LogP contribution in [0.2, 0.25) is 10.2 Å². The largest absolute Gasteiger partial charge is 0.367 e. The summed E-state index contributed by atoms with van der Waals surface area (Å²) in [6, 6.07) is 14.3. The molecule has 0 saturated carbocycles. The first-order valence-electron chi connectivity index (χ1n) is 6.81. The number of carbonyl (C=O) groups is 1. The molecule has 0 aliphatic rings. The summed E-state index contributed by atoms with van der Waals surface area (Å²) in [5.41, 5.74) is 1.92. The summed E-state index contributed by atoms with van der Waals surface area (Å²) < 4.78 is 1.84. The number of benzene rings is 2. The quantitative estimate of drug-likeness (QED) is 0.392. The smallest absolute Gasteiger partial charge is 0.334 e. The Balaban J connectivity index is 1.86. The third-order valence-corrected chi connectivity index (χ3v) is 4.27. The fourth-order valence-electron chi connectivity index (χ4n) is 2.32. The Kier molecular flexibility index (Phi) is 4.37. The lowest BCUT2D eigenvalue weighted by molar-refractivity contribution is 0.0519. The maximum absolute atomic E-state index is 12.0. The minimum atomic E-state index is -0.622. The fourth-order valence-corrected chi connectivity index (χ4v) is 2.77. The lowest BCUT2D eigenvalue weighted by atomic mass is 10.2. The van der Waals surface area contributed by atoms with Gasteiger partial charge in [-0.3, -0.25) is 0 Å². The van der Waals surface area contributed by atoms with Crippen LogP contribution in [0.3, 0.4) is 0 Å². The lowest BCUT2D eigenvalue weighted by Crippen LogP contribution is -2.01. The second-order valence-corrected chi connectivity index (χ2v) is 5.64. The summed E-state index contributed by atoms with van der Waals surface area (Å²) in [7, 11) is 1.86. The zero-order valence-corrected chi connectivity index (χ0v) is 13.7. The molecule has 0 amide bonds. The van der Waals surface area contributed by atoms with Crippen LogP contribution < -0.4 is 0 Å². The molecule has 0 aliphatic heterocycles. The molecule has 2 aromatic carbocycles. The number of aryl methyl sites for hydroxylation is 1. The third kappa shape index (κ3) is 2.96. The highest BCUT2D eigenvalue weighted by Crippen LogP contribution is 2.27. The van der Waals surface area contributed by atoms with Crippen LogP contribution in [-0.4, -0.2) is 16.8 Å². The number of halogens is 2. The molecule has 0 spiro atoms. The van der Waals surface area contributed by atoms with Crippen LogP contribution in [0, 0.1) is 0 Å². The molecule has 0 bridgehead atoms. The van der Waals surface area contributed by atoms with Gasteiger partial charge in [0.1, 0.15) is 5.15 Å². The first-order valence-corrected chi connectivity index (χ1v) is 7.57. The van der Waals surface area contributed by atoms with Crippen LogP contribution in [0.25, 0.3) is 10.9 Å². The molecule has 23 heavy (non-hydrogen) atoms. The summed E-state index contributed by atoms with van der Waals surface area (Å²) in [6.45, 7) is 0. The maximum Gasteiger partial charge on any atom is 0.367 e. The molecular formula is C17H12Cl2N2O2. The predicted molar refractivity (Wildman–Crippen MR) is 92.4 cm³/mol. The molecule has 0 radical (unpaired) electrons. The molecule has 0 N–H and O–H groups in total. The first-order chi connectivity index (χ1) is 11.1. The average Bonchev–Trinajstić information content (AvgIpc) is 2.80. The zero-order valence-electron chi connectivity index (χ0n) is 12.2. The number of fused-ring (bicyclic) bond motifs is 1. The molecule has 116 valence electrons. The van der Waals surface area contributed by atoms with Gasteiger partial charge in [-0.25, -0.2) is 4.79 Å². The van der Waals surface area contributed by atoms with Gasteiger partial charge in [0.05, 0.1) is 16.8 Å². The number of carbonyl (C=O) groups excluding carboxylic acids is 1. The van der Waals surface area contributed by atoms with Crippen LogP contribution in [0.4, 0.5) is 0 Å². The Morgan fingerprint density at radius 1 is 1.13 bits per heavy atom. The van der Waals surface area contributed by atoms with Gasteiger partial charge in [-0.05, 0) is 18.2 Å². The molecule has 4 nitrogen and oxygen atoms in total. The summed E-state index contributed by atoms with van der Waals surface area (Å²) >= 11 is 12.2. The topological polar surface area (TPSA) is 43.6 Å². The molecule has 0 saturated heterocycles. The van der Waals surface area contributed by atoms with Crippen molar-refractivity contribution >= 4 is 46.3 Å². The molecule has 1 heterocycles. The number of aromatic nitrogens is 1. The van der Waals surface area contributed by atoms with Gasteiger partial charge in [0.2, 0.25) is 0 Å². The first kappa shape index (κ1) is 15.6. The van der Waals surface area contributed by atoms with Crippen molar-refractivity contribution in [2.75, 3.05) is 0 Å². The van der Waals surface area contributed by atoms with Gasteiger partial charge in [-0.15, -0.1) is 0 Å². The summed E-state index contributed by atoms with van der Waals surface area (Å²) in [5.74, 6) is -0.622. The Bertz CT molecular complexity index is 916. The fraction of sp³-hybridized carbons (Fsp3) is 0.0588. The Hall–Kier alpha value is -2.30. The second kappa shape index (κ2) is 6.44. The molecule has 0 atom stereocenters. The van der Waals surface area contributed by atoms with E-state index in [4.69, 9.17) is 28.0 Å². The van der Waals surface area contributed by atoms with Crippen LogP contribution in [0.15, 0.2) is 53.7 Å². The van der Waals surface area contributed by atoms with E-state index in [9.17, 15) is 4.79 Å². The Labute approximate surface area is 142 Å². The molecule has 0 aliphatic carbocycles. The van der Waals surface area contributed by atoms with Gasteiger partial charge < -0.3 is 9.40 Å². The summed E-state index contributed by atoms with van der Waals surface area (Å²) in [5, 5.41) is 5.51. The number of oxime groups is 1. The Morgan fingerprint density at radius 2 is 1.83 bits per heavy atom. The van der Waals surface area contributed by atoms with Gasteiger partial charge in [0.25, 0.3) is 0 Å². The van der Waals surface area contributed by atoms with Crippen molar-refractivity contribution in [1.82, 2.24) is 4.57 Å². The van der Waals surface area contributed by atoms with Crippen LogP contribution in [0.1, 0.15) is 15.9 Å². The van der Waals surface area contributed by atoms with E-state index in [0.717, 1.165) is 10.9 Å². The Morgan fingerprint density at radius 3 is 2.61 bits per heavy atom. The van der Waals surface area contributed by atoms with E-state index in [2.05, 4.69) is 5.16 Å². The van der Waals surface area contributed by atoms with Gasteiger partial charge in [0, 0.05) is 23.5 Å². The van der Waals surface area contributed by atoms with Gasteiger partial charge >= 0.3 is 5.97 Å². The summed E-state index contributed by atoms with van der Waals surface area (Å²) in [6.07, 6.45) is 1.43. The van der Waals surface area contributed by atoms with Crippen LogP contribution in [0.5, 0.6) is 0 Å². The van der Waals surface area contributed by atoms with Gasteiger partial charge in [0.15, 0.2) is 0 Å². The normalized spacial score (nSPS) is 11.3. The monoisotopic (exact) mass is 346 g/mol. The lowest BCUT2D eigenvalue weighted by Gasteiger charge is -1.99. The van der Waals surface area contributed by atoms with Crippen molar-refractivity contribution in [2.45, 2.75) is 0 Å². The highest BCUT2D eigenvalue weighted by molar-refractivity contribution is 6.34. The standard InChI is InChI=1S/C17H12Cl2N2O2/c1-21-15-9-5-3-6-11(15)13(16(21)19)10-20-23-17(22)12-7-2-4-8-14(12)18/h2-10H,1H3/b20-10-. The minimum Gasteiger partial charge on any atom is -0.334 e. The van der Waals surface area contributed by atoms with E-state index in [0.29, 0.717) is 15.7 Å². The van der Waals surface area contributed by atoms with E-state index < -0.39 is 5.97 Å². The van der Waals surface area contributed by atoms with Crippen LogP contribution >= 0.6 is 23.2 Å². The maximum atomic E-state index is 12.0.